The van der Waals surface area contributed by atoms with Gasteiger partial charge in [-0.3, -0.25) is 4.79 Å². The molecule has 0 radical (unpaired) electrons. The first kappa shape index (κ1) is 14.9. The zero-order valence-corrected chi connectivity index (χ0v) is 9.59. The van der Waals surface area contributed by atoms with Gasteiger partial charge in [-0.1, -0.05) is 0 Å². The Morgan fingerprint density at radius 1 is 1.58 bits per heavy atom. The first-order chi connectivity index (χ1) is 5.27. The predicted molar refractivity (Wildman–Crippen MR) is 41.2 cm³/mol. The normalized spacial score (nSPS) is 9.08. The van der Waals surface area contributed by atoms with Crippen molar-refractivity contribution in [2.45, 2.75) is 6.92 Å². The Bertz CT molecular complexity index is 118. The second-order valence-corrected chi connectivity index (χ2v) is 1.90. The molecule has 0 aliphatic carbocycles. The largest absolute Gasteiger partial charge is 1.00 e. The molecular formula is C6H15N2NaO3. The molecule has 0 fully saturated rings. The molecule has 0 aliphatic rings. The van der Waals surface area contributed by atoms with Crippen molar-refractivity contribution >= 4 is 5.97 Å². The molecule has 0 aliphatic heterocycles. The minimum atomic E-state index is -0.846. The van der Waals surface area contributed by atoms with Crippen molar-refractivity contribution in [2.75, 3.05) is 26.2 Å². The molecule has 3 N–H and O–H groups in total. The minimum absolute atomic E-state index is 0. The van der Waals surface area contributed by atoms with Crippen molar-refractivity contribution < 1.29 is 45.7 Å². The Labute approximate surface area is 95.6 Å². The monoisotopic (exact) mass is 186 g/mol. The van der Waals surface area contributed by atoms with Crippen LogP contribution >= 0.6 is 0 Å². The van der Waals surface area contributed by atoms with E-state index in [-0.39, 0.29) is 37.5 Å². The Hall–Kier alpha value is 0.350. The smallest absolute Gasteiger partial charge is 1.00 e. The van der Waals surface area contributed by atoms with E-state index in [1.54, 1.807) is 0 Å². The van der Waals surface area contributed by atoms with Crippen LogP contribution in [0.3, 0.4) is 0 Å². The molecule has 0 rings (SSSR count). The molecule has 0 heterocycles. The molecule has 0 aromatic rings. The summed E-state index contributed by atoms with van der Waals surface area (Å²) in [6, 6.07) is 0. The van der Waals surface area contributed by atoms with Crippen molar-refractivity contribution in [3.8, 4) is 0 Å². The van der Waals surface area contributed by atoms with E-state index in [2.05, 4.69) is 10.8 Å². The van der Waals surface area contributed by atoms with Gasteiger partial charge in [0.1, 0.15) is 0 Å². The molecule has 0 saturated carbocycles. The summed E-state index contributed by atoms with van der Waals surface area (Å²) in [6.07, 6.45) is 0. The van der Waals surface area contributed by atoms with Crippen molar-refractivity contribution in [1.82, 2.24) is 10.8 Å². The molecule has 0 aromatic carbocycles. The van der Waals surface area contributed by atoms with Crippen LogP contribution in [0.4, 0.5) is 0 Å². The quantitative estimate of drug-likeness (QED) is 0.217. The summed E-state index contributed by atoms with van der Waals surface area (Å²) in [4.78, 5) is 14.8. The van der Waals surface area contributed by atoms with Crippen molar-refractivity contribution in [1.29, 1.82) is 0 Å². The number of hydroxylamine groups is 1. The van der Waals surface area contributed by atoms with Gasteiger partial charge < -0.3 is 16.7 Å². The Balaban J connectivity index is -0.000000500. The third-order valence-corrected chi connectivity index (χ3v) is 0.926. The van der Waals surface area contributed by atoms with Gasteiger partial charge >= 0.3 is 35.5 Å². The van der Waals surface area contributed by atoms with Crippen LogP contribution in [0.25, 0.3) is 0 Å². The average Bonchev–Trinajstić information content (AvgIpc) is 1.96. The van der Waals surface area contributed by atoms with Gasteiger partial charge in [-0.15, -0.1) is 0 Å². The van der Waals surface area contributed by atoms with E-state index in [9.17, 15) is 4.79 Å². The van der Waals surface area contributed by atoms with Crippen molar-refractivity contribution in [3.05, 3.63) is 0 Å². The fourth-order valence-corrected chi connectivity index (χ4v) is 0.509. The summed E-state index contributed by atoms with van der Waals surface area (Å²) in [5, 5.41) is 10.9. The Kier molecular flexibility index (Phi) is 14.0. The molecule has 68 valence electrons. The minimum Gasteiger partial charge on any atom is -1.00 e. The maximum atomic E-state index is 9.97. The SMILES string of the molecule is CCONCCNCC(=O)O.[H-].[Na+]. The van der Waals surface area contributed by atoms with E-state index in [1.807, 2.05) is 6.92 Å². The third-order valence-electron chi connectivity index (χ3n) is 0.926. The summed E-state index contributed by atoms with van der Waals surface area (Å²) in [5.74, 6) is -0.846. The number of aliphatic carboxylic acids is 1. The van der Waals surface area contributed by atoms with Gasteiger partial charge in [-0.05, 0) is 6.92 Å². The van der Waals surface area contributed by atoms with E-state index in [4.69, 9.17) is 9.94 Å². The van der Waals surface area contributed by atoms with Crippen molar-refractivity contribution in [2.24, 2.45) is 0 Å². The second kappa shape index (κ2) is 11.4. The van der Waals surface area contributed by atoms with Crippen molar-refractivity contribution in [3.63, 3.8) is 0 Å². The molecule has 0 spiro atoms. The van der Waals surface area contributed by atoms with Crippen LogP contribution in [0.2, 0.25) is 0 Å². The first-order valence-corrected chi connectivity index (χ1v) is 3.54. The van der Waals surface area contributed by atoms with E-state index < -0.39 is 5.97 Å². The summed E-state index contributed by atoms with van der Waals surface area (Å²) in [6.45, 7) is 3.68. The molecule has 12 heavy (non-hydrogen) atoms. The maximum Gasteiger partial charge on any atom is 1.00 e. The van der Waals surface area contributed by atoms with Crippen LogP contribution in [0.15, 0.2) is 0 Å². The number of rotatable bonds is 7. The zero-order chi connectivity index (χ0) is 8.53. The van der Waals surface area contributed by atoms with Gasteiger partial charge in [-0.2, -0.15) is 0 Å². The van der Waals surface area contributed by atoms with Crippen LogP contribution < -0.4 is 40.4 Å². The molecule has 5 nitrogen and oxygen atoms in total. The standard InChI is InChI=1S/C6H14N2O3.Na.H/c1-2-11-8-4-3-7-5-6(9)10;;/h7-8H,2-5H2,1H3,(H,9,10);;/q;+1;-1. The van der Waals surface area contributed by atoms with Crippen LogP contribution in [0.5, 0.6) is 0 Å². The second-order valence-electron chi connectivity index (χ2n) is 1.90. The molecular weight excluding hydrogens is 171 g/mol. The first-order valence-electron chi connectivity index (χ1n) is 3.54. The summed E-state index contributed by atoms with van der Waals surface area (Å²) in [5.41, 5.74) is 2.65. The summed E-state index contributed by atoms with van der Waals surface area (Å²) < 4.78 is 0. The number of carbonyl (C=O) groups is 1. The number of hydrogen-bond donors (Lipinski definition) is 3. The molecule has 0 amide bonds. The number of nitrogens with one attached hydrogen (secondary N) is 2. The number of hydrogen-bond acceptors (Lipinski definition) is 4. The van der Waals surface area contributed by atoms with Gasteiger partial charge in [0.25, 0.3) is 0 Å². The molecule has 0 bridgehead atoms. The summed E-state index contributed by atoms with van der Waals surface area (Å²) >= 11 is 0. The Morgan fingerprint density at radius 2 is 2.25 bits per heavy atom. The van der Waals surface area contributed by atoms with E-state index in [0.29, 0.717) is 19.7 Å². The van der Waals surface area contributed by atoms with Gasteiger partial charge in [0.2, 0.25) is 0 Å². The van der Waals surface area contributed by atoms with Crippen LogP contribution in [0.1, 0.15) is 8.35 Å². The zero-order valence-electron chi connectivity index (χ0n) is 8.59. The predicted octanol–water partition coefficient (Wildman–Crippen LogP) is -3.68. The number of carboxylic acids is 1. The van der Waals surface area contributed by atoms with Crippen LogP contribution in [-0.2, 0) is 9.63 Å². The third kappa shape index (κ3) is 13.0. The van der Waals surface area contributed by atoms with Gasteiger partial charge in [0, 0.05) is 13.1 Å². The maximum absolute atomic E-state index is 9.97. The van der Waals surface area contributed by atoms with E-state index in [0.717, 1.165) is 0 Å². The Morgan fingerprint density at radius 3 is 2.75 bits per heavy atom. The van der Waals surface area contributed by atoms with Gasteiger partial charge in [0.05, 0.1) is 13.2 Å². The van der Waals surface area contributed by atoms with Gasteiger partial charge in [-0.25, -0.2) is 5.48 Å². The van der Waals surface area contributed by atoms with E-state index >= 15 is 0 Å². The fourth-order valence-electron chi connectivity index (χ4n) is 0.509. The van der Waals surface area contributed by atoms with Crippen LogP contribution in [-0.4, -0.2) is 37.3 Å². The van der Waals surface area contributed by atoms with E-state index in [1.165, 1.54) is 0 Å². The fraction of sp³-hybridized carbons (Fsp3) is 0.833. The molecule has 0 unspecified atom stereocenters. The topological polar surface area (TPSA) is 70.6 Å². The molecule has 0 saturated heterocycles. The number of carboxylic acid groups (broad SMARTS) is 1. The van der Waals surface area contributed by atoms with Crippen LogP contribution in [0, 0.1) is 0 Å². The summed E-state index contributed by atoms with van der Waals surface area (Å²) in [7, 11) is 0. The molecule has 0 aromatic heterocycles. The molecule has 0 atom stereocenters. The average molecular weight is 186 g/mol. The molecule has 6 heteroatoms. The van der Waals surface area contributed by atoms with Gasteiger partial charge in [0.15, 0.2) is 0 Å².